The van der Waals surface area contributed by atoms with E-state index in [0.717, 1.165) is 12.8 Å². The van der Waals surface area contributed by atoms with Crippen molar-refractivity contribution >= 4 is 11.9 Å². The molecule has 1 atom stereocenters. The van der Waals surface area contributed by atoms with Crippen LogP contribution >= 0.6 is 0 Å². The number of nitrogens with zero attached hydrogens (tertiary/aromatic N) is 1. The fraction of sp³-hybridized carbons (Fsp3) is 0.846. The van der Waals surface area contributed by atoms with E-state index in [1.165, 1.54) is 0 Å². The second-order valence-corrected chi connectivity index (χ2v) is 5.56. The van der Waals surface area contributed by atoms with Gasteiger partial charge in [-0.15, -0.1) is 0 Å². The van der Waals surface area contributed by atoms with E-state index in [1.54, 1.807) is 21.1 Å². The summed E-state index contributed by atoms with van der Waals surface area (Å²) < 4.78 is 0.112. The zero-order valence-electron chi connectivity index (χ0n) is 12.2. The van der Waals surface area contributed by atoms with Crippen molar-refractivity contribution in [3.63, 3.8) is 0 Å². The summed E-state index contributed by atoms with van der Waals surface area (Å²) in [5, 5.41) is 14.2. The van der Waals surface area contributed by atoms with Gasteiger partial charge in [0.25, 0.3) is 0 Å². The monoisotopic (exact) mass is 258 g/mol. The standard InChI is InChI=1S/C13H26N2O3/c1-6-8-9-11(16)14-13(10-7-2,12(17)18)15(3,4)5/h6-10H2,1-5H3,(H-,14,16,17,18). The first-order valence-corrected chi connectivity index (χ1v) is 6.55. The quantitative estimate of drug-likeness (QED) is 0.501. The zero-order chi connectivity index (χ0) is 14.4. The number of quaternary nitrogens is 1. The number of carboxylic acids is 1. The molecule has 106 valence electrons. The van der Waals surface area contributed by atoms with Gasteiger partial charge in [-0.2, -0.15) is 0 Å². The third-order valence-corrected chi connectivity index (χ3v) is 3.20. The summed E-state index contributed by atoms with van der Waals surface area (Å²) >= 11 is 0. The van der Waals surface area contributed by atoms with Gasteiger partial charge in [0.15, 0.2) is 0 Å². The molecule has 5 nitrogen and oxygen atoms in total. The molecule has 0 heterocycles. The van der Waals surface area contributed by atoms with E-state index in [4.69, 9.17) is 0 Å². The lowest BCUT2D eigenvalue weighted by Crippen LogP contribution is -2.74. The highest BCUT2D eigenvalue weighted by Gasteiger charge is 2.45. The Morgan fingerprint density at radius 1 is 1.17 bits per heavy atom. The highest BCUT2D eigenvalue weighted by Crippen LogP contribution is 2.22. The number of hydrogen-bond acceptors (Lipinski definition) is 3. The van der Waals surface area contributed by atoms with Crippen LogP contribution in [0.15, 0.2) is 0 Å². The molecular weight excluding hydrogens is 232 g/mol. The molecule has 1 unspecified atom stereocenters. The van der Waals surface area contributed by atoms with Gasteiger partial charge in [-0.25, -0.2) is 0 Å². The Bertz CT molecular complexity index is 297. The molecule has 5 heteroatoms. The van der Waals surface area contributed by atoms with E-state index in [-0.39, 0.29) is 10.4 Å². The fourth-order valence-corrected chi connectivity index (χ4v) is 1.98. The van der Waals surface area contributed by atoms with Gasteiger partial charge in [-0.1, -0.05) is 20.3 Å². The number of carboxylic acid groups (broad SMARTS) is 1. The molecule has 0 aliphatic carbocycles. The second-order valence-electron chi connectivity index (χ2n) is 5.56. The smallest absolute Gasteiger partial charge is 0.224 e. The van der Waals surface area contributed by atoms with Crippen LogP contribution < -0.4 is 10.4 Å². The summed E-state index contributed by atoms with van der Waals surface area (Å²) in [5.74, 6) is -1.44. The molecule has 0 saturated carbocycles. The average molecular weight is 258 g/mol. The van der Waals surface area contributed by atoms with E-state index in [9.17, 15) is 14.7 Å². The number of carbonyl (C=O) groups is 2. The fourth-order valence-electron chi connectivity index (χ4n) is 1.98. The third-order valence-electron chi connectivity index (χ3n) is 3.20. The Balaban J connectivity index is 5.08. The summed E-state index contributed by atoms with van der Waals surface area (Å²) in [6.45, 7) is 3.89. The molecule has 0 rings (SSSR count). The third kappa shape index (κ3) is 3.98. The molecule has 0 aromatic rings. The maximum atomic E-state index is 11.8. The largest absolute Gasteiger partial charge is 0.542 e. The van der Waals surface area contributed by atoms with Crippen LogP contribution in [-0.4, -0.2) is 43.2 Å². The van der Waals surface area contributed by atoms with Crippen LogP contribution in [0, 0.1) is 0 Å². The van der Waals surface area contributed by atoms with Gasteiger partial charge < -0.3 is 14.4 Å². The molecule has 0 aromatic heterocycles. The predicted molar refractivity (Wildman–Crippen MR) is 68.3 cm³/mol. The maximum Gasteiger partial charge on any atom is 0.224 e. The topological polar surface area (TPSA) is 69.2 Å². The van der Waals surface area contributed by atoms with Crippen molar-refractivity contribution in [3.05, 3.63) is 0 Å². The van der Waals surface area contributed by atoms with Crippen molar-refractivity contribution in [2.24, 2.45) is 0 Å². The van der Waals surface area contributed by atoms with E-state index in [1.807, 2.05) is 13.8 Å². The maximum absolute atomic E-state index is 11.8. The number of hydrogen-bond donors (Lipinski definition) is 1. The van der Waals surface area contributed by atoms with Gasteiger partial charge in [0.05, 0.1) is 21.1 Å². The number of carbonyl (C=O) groups excluding carboxylic acids is 2. The Morgan fingerprint density at radius 3 is 2.06 bits per heavy atom. The van der Waals surface area contributed by atoms with E-state index in [0.29, 0.717) is 19.3 Å². The summed E-state index contributed by atoms with van der Waals surface area (Å²) in [6, 6.07) is 0. The van der Waals surface area contributed by atoms with Crippen LogP contribution in [0.2, 0.25) is 0 Å². The number of amides is 1. The zero-order valence-corrected chi connectivity index (χ0v) is 12.2. The minimum absolute atomic E-state index is 0.112. The van der Waals surface area contributed by atoms with Crippen molar-refractivity contribution < 1.29 is 19.2 Å². The Labute approximate surface area is 110 Å². The first kappa shape index (κ1) is 16.9. The number of rotatable bonds is 8. The molecule has 0 bridgehead atoms. The highest BCUT2D eigenvalue weighted by atomic mass is 16.4. The van der Waals surface area contributed by atoms with Crippen LogP contribution in [0.4, 0.5) is 0 Å². The van der Waals surface area contributed by atoms with Crippen LogP contribution in [0.3, 0.4) is 0 Å². The molecule has 0 radical (unpaired) electrons. The van der Waals surface area contributed by atoms with Crippen molar-refractivity contribution in [1.29, 1.82) is 0 Å². The lowest BCUT2D eigenvalue weighted by Gasteiger charge is -2.46. The van der Waals surface area contributed by atoms with E-state index in [2.05, 4.69) is 5.32 Å². The van der Waals surface area contributed by atoms with Gasteiger partial charge in [-0.3, -0.25) is 10.1 Å². The van der Waals surface area contributed by atoms with Crippen molar-refractivity contribution in [2.75, 3.05) is 21.1 Å². The number of unbranched alkanes of at least 4 members (excludes halogenated alkanes) is 1. The van der Waals surface area contributed by atoms with E-state index >= 15 is 0 Å². The minimum Gasteiger partial charge on any atom is -0.542 e. The summed E-state index contributed by atoms with van der Waals surface area (Å²) in [4.78, 5) is 23.4. The highest BCUT2D eigenvalue weighted by molar-refractivity contribution is 5.84. The molecule has 0 fully saturated rings. The molecule has 0 spiro atoms. The lowest BCUT2D eigenvalue weighted by atomic mass is 10.00. The lowest BCUT2D eigenvalue weighted by molar-refractivity contribution is -0.919. The predicted octanol–water partition coefficient (Wildman–Crippen LogP) is 0.245. The molecule has 0 aliphatic heterocycles. The Morgan fingerprint density at radius 2 is 1.72 bits per heavy atom. The molecule has 1 amide bonds. The van der Waals surface area contributed by atoms with Gasteiger partial charge in [-0.05, 0) is 12.8 Å². The summed E-state index contributed by atoms with van der Waals surface area (Å²) in [5.41, 5.74) is -1.35. The number of nitrogens with one attached hydrogen (secondary N) is 1. The second kappa shape index (κ2) is 6.73. The summed E-state index contributed by atoms with van der Waals surface area (Å²) in [6.07, 6.45) is 3.05. The van der Waals surface area contributed by atoms with Crippen molar-refractivity contribution in [3.8, 4) is 0 Å². The van der Waals surface area contributed by atoms with Crippen LogP contribution in [-0.2, 0) is 9.59 Å². The number of likely N-dealkylation sites (N-methyl/N-ethyl adjacent to an activating group) is 1. The Hall–Kier alpha value is -1.10. The Kier molecular flexibility index (Phi) is 6.32. The normalized spacial score (nSPS) is 14.9. The van der Waals surface area contributed by atoms with Gasteiger partial charge in [0, 0.05) is 12.8 Å². The molecule has 1 N–H and O–H groups in total. The van der Waals surface area contributed by atoms with Crippen molar-refractivity contribution in [1.82, 2.24) is 5.32 Å². The number of aliphatic carboxylic acids is 1. The molecule has 0 aliphatic rings. The van der Waals surface area contributed by atoms with Gasteiger partial charge in [0.1, 0.15) is 5.97 Å². The molecule has 0 saturated heterocycles. The van der Waals surface area contributed by atoms with Crippen LogP contribution in [0.25, 0.3) is 0 Å². The average Bonchev–Trinajstić information content (AvgIpc) is 2.23. The minimum atomic E-state index is -1.35. The van der Waals surface area contributed by atoms with E-state index < -0.39 is 11.6 Å². The molecule has 0 aromatic carbocycles. The van der Waals surface area contributed by atoms with Gasteiger partial charge in [0.2, 0.25) is 11.6 Å². The first-order chi connectivity index (χ1) is 8.21. The first-order valence-electron chi connectivity index (χ1n) is 6.55. The van der Waals surface area contributed by atoms with Crippen molar-refractivity contribution in [2.45, 2.75) is 51.6 Å². The summed E-state index contributed by atoms with van der Waals surface area (Å²) in [7, 11) is 5.27. The molecular formula is C13H26N2O3. The van der Waals surface area contributed by atoms with Crippen LogP contribution in [0.5, 0.6) is 0 Å². The van der Waals surface area contributed by atoms with Crippen LogP contribution in [0.1, 0.15) is 46.0 Å². The van der Waals surface area contributed by atoms with Gasteiger partial charge >= 0.3 is 0 Å². The molecule has 18 heavy (non-hydrogen) atoms. The SMILES string of the molecule is CCCCC(=O)NC(CCC)(C(=O)[O-])[N+](C)(C)C.